The van der Waals surface area contributed by atoms with Gasteiger partial charge in [0.2, 0.25) is 0 Å². The largest absolute Gasteiger partial charge is 0.870 e. The Morgan fingerprint density at radius 3 is 0.747 bits per heavy atom. The Hall–Kier alpha value is -4.36. The summed E-state index contributed by atoms with van der Waals surface area (Å²) in [5.41, 5.74) is 3.23. The van der Waals surface area contributed by atoms with Crippen LogP contribution in [-0.2, 0) is 39.4 Å². The highest BCUT2D eigenvalue weighted by Crippen LogP contribution is 2.62. The van der Waals surface area contributed by atoms with Crippen LogP contribution in [0.5, 0.6) is 23.0 Å². The molecule has 0 bridgehead atoms. The molecule has 4 aliphatic rings. The maximum absolute atomic E-state index is 11.3. The van der Waals surface area contributed by atoms with Crippen molar-refractivity contribution in [1.82, 2.24) is 0 Å². The average molecular weight is 1360 g/mol. The molecule has 0 aliphatic carbocycles. The molecule has 0 amide bonds. The van der Waals surface area contributed by atoms with E-state index in [0.717, 1.165) is 78.8 Å². The van der Waals surface area contributed by atoms with Gasteiger partial charge in [-0.15, -0.1) is 0 Å². The third-order valence-electron chi connectivity index (χ3n) is 18.9. The molecule has 4 fully saturated rings. The van der Waals surface area contributed by atoms with Crippen LogP contribution in [0.25, 0.3) is 0 Å². The Bertz CT molecular complexity index is 2210. The zero-order valence-corrected chi connectivity index (χ0v) is 62.5. The molecule has 4 heterocycles. The Kier molecular flexibility index (Phi) is 42.5. The average Bonchev–Trinajstić information content (AvgIpc) is 1.03. The van der Waals surface area contributed by atoms with Crippen molar-refractivity contribution in [3.63, 3.8) is 0 Å². The van der Waals surface area contributed by atoms with E-state index in [0.29, 0.717) is 39.3 Å². The number of unbranched alkanes of at least 4 members (excludes halogenated alkanes) is 8. The van der Waals surface area contributed by atoms with Crippen LogP contribution >= 0.6 is 14.5 Å². The summed E-state index contributed by atoms with van der Waals surface area (Å²) in [7, 11) is -0.125. The summed E-state index contributed by atoms with van der Waals surface area (Å²) in [5.74, 6) is 1.27. The molecule has 0 radical (unpaired) electrons. The standard InChI is InChI=1S/2C23H26O6.2C16H36P.CH4O.H2O/c2*1-23(11-10-22(24)25,16-2-6-18(7-3-16)26-12-20-14-28-20)17-4-8-19(9-5-17)27-13-21-15-29-21;2*1-5-9-13-17(14-10-6-2,15-11-7-3)16-12-8-4;1-2;/h2*2-9,20-21H,10-15H2,1H3,(H,24,25);2*5-16H2,1-4H3;2H,1H3;1H2/q;;2*+1;;/p-2. The van der Waals surface area contributed by atoms with E-state index >= 15 is 0 Å². The van der Waals surface area contributed by atoms with Gasteiger partial charge in [0.1, 0.15) is 73.8 Å². The lowest BCUT2D eigenvalue weighted by Gasteiger charge is -2.31. The fourth-order valence-electron chi connectivity index (χ4n) is 12.0. The Morgan fingerprint density at radius 1 is 0.400 bits per heavy atom. The number of carboxylic acid groups (broad SMARTS) is 2. The van der Waals surface area contributed by atoms with Crippen LogP contribution in [0, 0.1) is 0 Å². The van der Waals surface area contributed by atoms with Crippen molar-refractivity contribution in [3.05, 3.63) is 119 Å². The molecule has 3 N–H and O–H groups in total. The van der Waals surface area contributed by atoms with Crippen LogP contribution in [-0.4, -0.2) is 161 Å². The second kappa shape index (κ2) is 47.6. The van der Waals surface area contributed by atoms with Crippen LogP contribution in [0.4, 0.5) is 0 Å². The van der Waals surface area contributed by atoms with Crippen molar-refractivity contribution >= 4 is 26.5 Å². The predicted molar refractivity (Wildman–Crippen MR) is 393 cm³/mol. The minimum atomic E-state index is -1.05. The molecule has 4 aliphatic heterocycles. The molecule has 8 rings (SSSR count). The third kappa shape index (κ3) is 33.4. The number of epoxide rings is 4. The van der Waals surface area contributed by atoms with E-state index in [1.165, 1.54) is 103 Å². The molecule has 0 saturated carbocycles. The molecule has 95 heavy (non-hydrogen) atoms. The highest BCUT2D eigenvalue weighted by molar-refractivity contribution is 7.76. The van der Waals surface area contributed by atoms with E-state index < -0.39 is 37.3 Å². The van der Waals surface area contributed by atoms with Crippen LogP contribution in [0.15, 0.2) is 97.1 Å². The quantitative estimate of drug-likeness (QED) is 0.0311. The normalized spacial score (nSPS) is 17.7. The smallest absolute Gasteiger partial charge is 0.303 e. The fourth-order valence-corrected chi connectivity index (χ4v) is 22.6. The Labute approximate surface area is 576 Å². The first-order chi connectivity index (χ1) is 45.5. The van der Waals surface area contributed by atoms with Gasteiger partial charge in [-0.25, -0.2) is 0 Å². The maximum Gasteiger partial charge on any atom is 0.303 e. The van der Waals surface area contributed by atoms with E-state index in [-0.39, 0.29) is 42.7 Å². The minimum absolute atomic E-state index is 0. The van der Waals surface area contributed by atoms with Gasteiger partial charge in [0.15, 0.2) is 0 Å². The number of hydrogen-bond acceptors (Lipinski definition) is 13. The number of aliphatic hydroxyl groups is 1. The molecule has 0 spiro atoms. The first-order valence-corrected chi connectivity index (χ1v) is 41.6. The van der Waals surface area contributed by atoms with Gasteiger partial charge >= 0.3 is 5.97 Å². The lowest BCUT2D eigenvalue weighted by molar-refractivity contribution is -0.306. The van der Waals surface area contributed by atoms with Crippen LogP contribution in [0.1, 0.15) is 220 Å². The maximum atomic E-state index is 11.3. The van der Waals surface area contributed by atoms with E-state index in [9.17, 15) is 19.8 Å². The number of carbonyl (C=O) groups excluding carboxylic acids is 1. The van der Waals surface area contributed by atoms with Gasteiger partial charge in [-0.3, -0.25) is 4.79 Å². The van der Waals surface area contributed by atoms with Gasteiger partial charge in [-0.1, -0.05) is 169 Å². The van der Waals surface area contributed by atoms with Crippen molar-refractivity contribution in [2.75, 3.05) is 109 Å². The summed E-state index contributed by atoms with van der Waals surface area (Å²) in [6.07, 6.45) is 37.7. The van der Waals surface area contributed by atoms with E-state index in [2.05, 4.69) is 69.2 Å². The van der Waals surface area contributed by atoms with Crippen molar-refractivity contribution < 1.29 is 68.3 Å². The molecule has 0 aromatic heterocycles. The van der Waals surface area contributed by atoms with Crippen LogP contribution < -0.4 is 24.1 Å². The van der Waals surface area contributed by atoms with Crippen molar-refractivity contribution in [1.29, 1.82) is 0 Å². The lowest BCUT2D eigenvalue weighted by Crippen LogP contribution is -2.29. The van der Waals surface area contributed by atoms with Gasteiger partial charge < -0.3 is 63.5 Å². The highest BCUT2D eigenvalue weighted by atomic mass is 31.2. The number of benzene rings is 4. The number of carbonyl (C=O) groups is 2. The summed E-state index contributed by atoms with van der Waals surface area (Å²) in [4.78, 5) is 22.4. The second-order valence-electron chi connectivity index (χ2n) is 26.9. The molecule has 4 aromatic carbocycles. The van der Waals surface area contributed by atoms with Crippen molar-refractivity contribution in [2.45, 2.75) is 233 Å². The van der Waals surface area contributed by atoms with Gasteiger partial charge in [0.25, 0.3) is 0 Å². The van der Waals surface area contributed by atoms with Crippen molar-refractivity contribution in [3.8, 4) is 23.0 Å². The summed E-state index contributed by atoms with van der Waals surface area (Å²) in [6, 6.07) is 31.4. The van der Waals surface area contributed by atoms with Gasteiger partial charge in [0, 0.05) is 44.9 Å². The number of rotatable bonds is 46. The van der Waals surface area contributed by atoms with Crippen molar-refractivity contribution in [2.24, 2.45) is 0 Å². The Morgan fingerprint density at radius 2 is 0.589 bits per heavy atom. The number of carboxylic acids is 2. The first kappa shape index (κ1) is 84.9. The second-order valence-corrected chi connectivity index (χ2v) is 35.8. The number of ether oxygens (including phenoxy) is 8. The zero-order chi connectivity index (χ0) is 68.5. The van der Waals surface area contributed by atoms with Crippen LogP contribution in [0.3, 0.4) is 0 Å². The van der Waals surface area contributed by atoms with E-state index in [1.807, 2.05) is 97.1 Å². The monoisotopic (exact) mass is 1360 g/mol. The topological polar surface area (TPSA) is 215 Å². The summed E-state index contributed by atoms with van der Waals surface area (Å²) < 4.78 is 43.5. The zero-order valence-electron chi connectivity index (χ0n) is 60.7. The number of hydrogen-bond donors (Lipinski definition) is 2. The van der Waals surface area contributed by atoms with Gasteiger partial charge in [-0.05, 0) is 141 Å². The van der Waals surface area contributed by atoms with Crippen LogP contribution in [0.2, 0.25) is 0 Å². The van der Waals surface area contributed by atoms with Gasteiger partial charge in [-0.2, -0.15) is 0 Å². The molecule has 4 saturated heterocycles. The molecule has 14 nitrogen and oxygen atoms in total. The molecular formula is C79H128O14P2. The minimum Gasteiger partial charge on any atom is -0.870 e. The molecule has 538 valence electrons. The number of aliphatic hydroxyl groups excluding tert-OH is 1. The van der Waals surface area contributed by atoms with Gasteiger partial charge in [0.05, 0.1) is 75.7 Å². The molecule has 4 aromatic rings. The summed E-state index contributed by atoms with van der Waals surface area (Å²) in [6.45, 7) is 28.2. The highest BCUT2D eigenvalue weighted by Gasteiger charge is 2.37. The molecule has 4 unspecified atom stereocenters. The van der Waals surface area contributed by atoms with E-state index in [4.69, 9.17) is 43.0 Å². The molecule has 4 atom stereocenters. The summed E-state index contributed by atoms with van der Waals surface area (Å²) >= 11 is 0. The predicted octanol–water partition coefficient (Wildman–Crippen LogP) is 17.3. The lowest BCUT2D eigenvalue weighted by atomic mass is 9.73. The molecular weight excluding hydrogens is 1230 g/mol. The fraction of sp³-hybridized carbons (Fsp3) is 0.671. The third-order valence-corrected chi connectivity index (χ3v) is 29.0. The Balaban J connectivity index is 0.000000337. The summed E-state index contributed by atoms with van der Waals surface area (Å²) in [5, 5.41) is 27.4. The first-order valence-electron chi connectivity index (χ1n) is 36.5. The SMILES string of the molecule is CC(CCC(=O)O)(c1ccc(OCC2CO2)cc1)c1ccc(OCC2CO2)cc1.CC(CCC(=O)[O-])(c1ccc(OCC2CO2)cc1)c1ccc(OCC2CO2)cc1.CCCC[P+](CCCC)(CCCC)CCCC.CCCC[P+](CCCC)(CCCC)CCCC.CO.[OH-]. The molecule has 16 heteroatoms. The number of aliphatic carboxylic acids is 2. The van der Waals surface area contributed by atoms with E-state index in [1.54, 1.807) is 49.3 Å².